The van der Waals surface area contributed by atoms with Crippen molar-refractivity contribution >= 4 is 5.97 Å². The lowest BCUT2D eigenvalue weighted by atomic mass is 10.3. The molecule has 0 spiro atoms. The van der Waals surface area contributed by atoms with Gasteiger partial charge in [-0.15, -0.1) is 0 Å². The lowest BCUT2D eigenvalue weighted by Crippen LogP contribution is -1.95. The molecule has 4 heteroatoms. The fraction of sp³-hybridized carbons (Fsp3) is 0.889. The van der Waals surface area contributed by atoms with Crippen LogP contribution in [-0.4, -0.2) is 37.0 Å². The van der Waals surface area contributed by atoms with Crippen LogP contribution in [0.5, 0.6) is 0 Å². The van der Waals surface area contributed by atoms with E-state index in [4.69, 9.17) is 9.84 Å². The number of aliphatic hydroxyl groups is 1. The van der Waals surface area contributed by atoms with Gasteiger partial charge in [-0.25, -0.2) is 0 Å². The minimum atomic E-state index is -0.211. The van der Waals surface area contributed by atoms with Gasteiger partial charge in [-0.3, -0.25) is 4.79 Å². The lowest BCUT2D eigenvalue weighted by Gasteiger charge is -1.89. The molecule has 0 aromatic carbocycles. The highest BCUT2D eigenvalue weighted by molar-refractivity contribution is 5.65. The molecule has 0 bridgehead atoms. The molecule has 1 saturated heterocycles. The van der Waals surface area contributed by atoms with Gasteiger partial charge in [0.25, 0.3) is 0 Å². The van der Waals surface area contributed by atoms with E-state index in [0.29, 0.717) is 19.3 Å². The molecule has 1 unspecified atom stereocenters. The van der Waals surface area contributed by atoms with E-state index in [1.165, 1.54) is 6.92 Å². The molecule has 0 aliphatic carbocycles. The fourth-order valence-corrected chi connectivity index (χ4v) is 0.757. The predicted octanol–water partition coefficient (Wildman–Crippen LogP) is 0.727. The van der Waals surface area contributed by atoms with E-state index in [0.717, 1.165) is 19.4 Å². The highest BCUT2D eigenvalue weighted by Gasteiger charge is 2.20. The highest BCUT2D eigenvalue weighted by Crippen LogP contribution is 2.14. The first-order chi connectivity index (χ1) is 6.20. The Morgan fingerprint density at radius 3 is 2.54 bits per heavy atom. The van der Waals surface area contributed by atoms with Crippen molar-refractivity contribution < 1.29 is 19.4 Å². The third kappa shape index (κ3) is 11.4. The van der Waals surface area contributed by atoms with Crippen LogP contribution in [0.3, 0.4) is 0 Å². The number of aliphatic hydroxyl groups excluding tert-OH is 1. The topological polar surface area (TPSA) is 59.1 Å². The van der Waals surface area contributed by atoms with E-state index in [9.17, 15) is 4.79 Å². The van der Waals surface area contributed by atoms with E-state index >= 15 is 0 Å². The minimum Gasteiger partial charge on any atom is -0.466 e. The SMILES string of the molecule is CCOC(C)=O.OCCCC1CO1. The Morgan fingerprint density at radius 2 is 2.31 bits per heavy atom. The van der Waals surface area contributed by atoms with Crippen LogP contribution in [0.4, 0.5) is 0 Å². The molecule has 1 N–H and O–H groups in total. The summed E-state index contributed by atoms with van der Waals surface area (Å²) in [6.45, 7) is 4.88. The fourth-order valence-electron chi connectivity index (χ4n) is 0.757. The summed E-state index contributed by atoms with van der Waals surface area (Å²) in [7, 11) is 0. The summed E-state index contributed by atoms with van der Waals surface area (Å²) in [5.74, 6) is -0.211. The molecule has 0 aromatic rings. The van der Waals surface area contributed by atoms with Crippen molar-refractivity contribution in [3.63, 3.8) is 0 Å². The molecular formula is C9H18O4. The number of carbonyl (C=O) groups excluding carboxylic acids is 1. The molecule has 0 radical (unpaired) electrons. The third-order valence-electron chi connectivity index (χ3n) is 1.43. The Kier molecular flexibility index (Phi) is 7.63. The number of epoxide rings is 1. The average Bonchev–Trinajstić information content (AvgIpc) is 2.85. The number of hydrogen-bond acceptors (Lipinski definition) is 4. The molecule has 1 fully saturated rings. The Balaban J connectivity index is 0.000000226. The Labute approximate surface area is 78.8 Å². The third-order valence-corrected chi connectivity index (χ3v) is 1.43. The van der Waals surface area contributed by atoms with Gasteiger partial charge in [0.1, 0.15) is 0 Å². The van der Waals surface area contributed by atoms with Gasteiger partial charge in [0, 0.05) is 13.5 Å². The molecule has 4 nitrogen and oxygen atoms in total. The molecule has 1 heterocycles. The van der Waals surface area contributed by atoms with E-state index in [2.05, 4.69) is 4.74 Å². The van der Waals surface area contributed by atoms with Crippen molar-refractivity contribution in [1.82, 2.24) is 0 Å². The standard InChI is InChI=1S/C5H10O2.C4H8O2/c6-3-1-2-5-4-7-5;1-3-6-4(2)5/h5-6H,1-4H2;3H2,1-2H3. The Bertz CT molecular complexity index is 132. The molecule has 1 atom stereocenters. The maximum absolute atomic E-state index is 9.82. The molecule has 1 aliphatic heterocycles. The monoisotopic (exact) mass is 190 g/mol. The minimum absolute atomic E-state index is 0.211. The number of carbonyl (C=O) groups is 1. The van der Waals surface area contributed by atoms with Crippen LogP contribution in [0.2, 0.25) is 0 Å². The van der Waals surface area contributed by atoms with Crippen molar-refractivity contribution in [3.05, 3.63) is 0 Å². The van der Waals surface area contributed by atoms with E-state index in [1.54, 1.807) is 6.92 Å². The van der Waals surface area contributed by atoms with Gasteiger partial charge < -0.3 is 14.6 Å². The maximum Gasteiger partial charge on any atom is 0.302 e. The number of rotatable bonds is 4. The zero-order valence-corrected chi connectivity index (χ0v) is 8.28. The van der Waals surface area contributed by atoms with Crippen molar-refractivity contribution in [2.45, 2.75) is 32.8 Å². The average molecular weight is 190 g/mol. The van der Waals surface area contributed by atoms with Gasteiger partial charge in [0.15, 0.2) is 0 Å². The van der Waals surface area contributed by atoms with Gasteiger partial charge >= 0.3 is 5.97 Å². The van der Waals surface area contributed by atoms with Crippen molar-refractivity contribution in [3.8, 4) is 0 Å². The van der Waals surface area contributed by atoms with Crippen LogP contribution in [0, 0.1) is 0 Å². The van der Waals surface area contributed by atoms with Crippen molar-refractivity contribution in [1.29, 1.82) is 0 Å². The Hall–Kier alpha value is -0.610. The first-order valence-electron chi connectivity index (χ1n) is 4.56. The maximum atomic E-state index is 9.82. The summed E-state index contributed by atoms with van der Waals surface area (Å²) in [6.07, 6.45) is 2.42. The molecule has 1 aliphatic rings. The van der Waals surface area contributed by atoms with Gasteiger partial charge in [0.05, 0.1) is 19.3 Å². The predicted molar refractivity (Wildman–Crippen MR) is 48.4 cm³/mol. The van der Waals surface area contributed by atoms with Crippen molar-refractivity contribution in [2.75, 3.05) is 19.8 Å². The molecule has 0 aromatic heterocycles. The largest absolute Gasteiger partial charge is 0.466 e. The first kappa shape index (κ1) is 12.4. The van der Waals surface area contributed by atoms with Gasteiger partial charge in [0.2, 0.25) is 0 Å². The van der Waals surface area contributed by atoms with Crippen LogP contribution in [-0.2, 0) is 14.3 Å². The quantitative estimate of drug-likeness (QED) is 0.524. The second-order valence-electron chi connectivity index (χ2n) is 2.75. The van der Waals surface area contributed by atoms with Crippen LogP contribution >= 0.6 is 0 Å². The molecule has 0 amide bonds. The first-order valence-corrected chi connectivity index (χ1v) is 4.56. The van der Waals surface area contributed by atoms with E-state index in [-0.39, 0.29) is 5.97 Å². The molecule has 13 heavy (non-hydrogen) atoms. The molecule has 1 rings (SSSR count). The molecular weight excluding hydrogens is 172 g/mol. The lowest BCUT2D eigenvalue weighted by molar-refractivity contribution is -0.140. The van der Waals surface area contributed by atoms with E-state index < -0.39 is 0 Å². The van der Waals surface area contributed by atoms with Crippen LogP contribution in [0.15, 0.2) is 0 Å². The van der Waals surface area contributed by atoms with Crippen molar-refractivity contribution in [2.24, 2.45) is 0 Å². The number of esters is 1. The van der Waals surface area contributed by atoms with Gasteiger partial charge in [-0.05, 0) is 19.8 Å². The normalized spacial score (nSPS) is 18.5. The summed E-state index contributed by atoms with van der Waals surface area (Å²) >= 11 is 0. The molecule has 78 valence electrons. The second-order valence-corrected chi connectivity index (χ2v) is 2.75. The summed E-state index contributed by atoms with van der Waals surface area (Å²) in [5, 5.41) is 8.29. The zero-order valence-electron chi connectivity index (χ0n) is 8.28. The smallest absolute Gasteiger partial charge is 0.302 e. The summed E-state index contributed by atoms with van der Waals surface area (Å²) in [6, 6.07) is 0. The van der Waals surface area contributed by atoms with E-state index in [1.807, 2.05) is 0 Å². The second kappa shape index (κ2) is 8.01. The van der Waals surface area contributed by atoms with Crippen LogP contribution in [0.1, 0.15) is 26.7 Å². The van der Waals surface area contributed by atoms with Crippen LogP contribution < -0.4 is 0 Å². The van der Waals surface area contributed by atoms with Gasteiger partial charge in [-0.1, -0.05) is 0 Å². The molecule has 0 saturated carbocycles. The summed E-state index contributed by atoms with van der Waals surface area (Å²) < 4.78 is 9.30. The number of hydrogen-bond donors (Lipinski definition) is 1. The van der Waals surface area contributed by atoms with Crippen LogP contribution in [0.25, 0.3) is 0 Å². The summed E-state index contributed by atoms with van der Waals surface area (Å²) in [4.78, 5) is 9.82. The Morgan fingerprint density at radius 1 is 1.69 bits per heavy atom. The number of ether oxygens (including phenoxy) is 2. The zero-order chi connectivity index (χ0) is 10.1. The highest BCUT2D eigenvalue weighted by atomic mass is 16.6. The summed E-state index contributed by atoms with van der Waals surface area (Å²) in [5.41, 5.74) is 0. The van der Waals surface area contributed by atoms with Gasteiger partial charge in [-0.2, -0.15) is 0 Å².